The van der Waals surface area contributed by atoms with Gasteiger partial charge in [0.2, 0.25) is 0 Å². The predicted molar refractivity (Wildman–Crippen MR) is 112 cm³/mol. The normalized spacial score (nSPS) is 14.9. The number of guanidine groups is 1. The summed E-state index contributed by atoms with van der Waals surface area (Å²) in [4.78, 5) is 6.52. The Morgan fingerprint density at radius 2 is 1.96 bits per heavy atom. The molecule has 0 spiro atoms. The summed E-state index contributed by atoms with van der Waals surface area (Å²) in [5.41, 5.74) is 1.39. The molecule has 0 saturated heterocycles. The van der Waals surface area contributed by atoms with E-state index in [1.54, 1.807) is 0 Å². The Labute approximate surface area is 164 Å². The number of nitrogens with one attached hydrogen (secondary N) is 1. The molecule has 0 radical (unpaired) electrons. The van der Waals surface area contributed by atoms with Crippen LogP contribution >= 0.6 is 24.0 Å². The number of benzene rings is 1. The summed E-state index contributed by atoms with van der Waals surface area (Å²) in [6, 6.07) is 10.6. The molecule has 2 rings (SSSR count). The Balaban J connectivity index is 0.00000288. The van der Waals surface area contributed by atoms with Gasteiger partial charge in [0.25, 0.3) is 0 Å². The quantitative estimate of drug-likeness (QED) is 0.288. The molecule has 0 heterocycles. The highest BCUT2D eigenvalue weighted by Crippen LogP contribution is 2.28. The van der Waals surface area contributed by atoms with Crippen LogP contribution in [0.15, 0.2) is 35.3 Å². The van der Waals surface area contributed by atoms with E-state index in [-0.39, 0.29) is 29.4 Å². The summed E-state index contributed by atoms with van der Waals surface area (Å²) in [6.07, 6.45) is 2.68. The third-order valence-corrected chi connectivity index (χ3v) is 4.44. The van der Waals surface area contributed by atoms with E-state index in [1.165, 1.54) is 18.4 Å². The van der Waals surface area contributed by atoms with E-state index in [9.17, 15) is 0 Å². The minimum atomic E-state index is 0. The number of nitrogens with zero attached hydrogens (tertiary/aromatic N) is 2. The summed E-state index contributed by atoms with van der Waals surface area (Å²) < 4.78 is 5.71. The zero-order valence-electron chi connectivity index (χ0n) is 15.4. The molecule has 1 fully saturated rings. The summed E-state index contributed by atoms with van der Waals surface area (Å²) >= 11 is 0. The van der Waals surface area contributed by atoms with Gasteiger partial charge in [-0.15, -0.1) is 24.0 Å². The van der Waals surface area contributed by atoms with Crippen LogP contribution in [0, 0.1) is 5.92 Å². The minimum absolute atomic E-state index is 0. The molecule has 0 atom stereocenters. The average Bonchev–Trinajstić information content (AvgIpc) is 3.37. The second-order valence-corrected chi connectivity index (χ2v) is 7.09. The first-order valence-corrected chi connectivity index (χ1v) is 8.58. The van der Waals surface area contributed by atoms with Crippen LogP contribution in [0.3, 0.4) is 0 Å². The Hall–Kier alpha value is -0.820. The standard InChI is InChI=1S/C19H31N3O.HI/c1-19(2,17-8-6-5-7-9-17)15-21-18(20-3)22(4)12-13-23-14-16-10-11-16;/h5-9,16H,10-15H2,1-4H3,(H,20,21);1H. The van der Waals surface area contributed by atoms with Gasteiger partial charge in [0.1, 0.15) is 0 Å². The first-order chi connectivity index (χ1) is 11.0. The van der Waals surface area contributed by atoms with Gasteiger partial charge in [-0.1, -0.05) is 44.2 Å². The van der Waals surface area contributed by atoms with Crippen LogP contribution in [-0.4, -0.2) is 51.3 Å². The molecule has 1 aliphatic carbocycles. The molecule has 1 aromatic carbocycles. The maximum atomic E-state index is 5.71. The van der Waals surface area contributed by atoms with Crippen LogP contribution in [0.5, 0.6) is 0 Å². The molecule has 1 aliphatic rings. The second kappa shape index (κ2) is 10.2. The number of halogens is 1. The van der Waals surface area contributed by atoms with Gasteiger partial charge in [0, 0.05) is 39.2 Å². The van der Waals surface area contributed by atoms with Gasteiger partial charge in [-0.25, -0.2) is 0 Å². The van der Waals surface area contributed by atoms with Crippen LogP contribution in [0.2, 0.25) is 0 Å². The average molecular weight is 445 g/mol. The molecule has 0 bridgehead atoms. The molecule has 4 nitrogen and oxygen atoms in total. The number of ether oxygens (including phenoxy) is 1. The third-order valence-electron chi connectivity index (χ3n) is 4.44. The zero-order chi connectivity index (χ0) is 16.7. The SMILES string of the molecule is CN=C(NCC(C)(C)c1ccccc1)N(C)CCOCC1CC1.I. The van der Waals surface area contributed by atoms with Crippen molar-refractivity contribution in [2.75, 3.05) is 40.4 Å². The van der Waals surface area contributed by atoms with Crippen molar-refractivity contribution >= 4 is 29.9 Å². The van der Waals surface area contributed by atoms with Gasteiger partial charge in [0.05, 0.1) is 6.61 Å². The summed E-state index contributed by atoms with van der Waals surface area (Å²) in [6.45, 7) is 7.88. The van der Waals surface area contributed by atoms with Crippen molar-refractivity contribution in [1.82, 2.24) is 10.2 Å². The van der Waals surface area contributed by atoms with Crippen molar-refractivity contribution in [2.24, 2.45) is 10.9 Å². The number of aliphatic imine (C=N–C) groups is 1. The van der Waals surface area contributed by atoms with Gasteiger partial charge < -0.3 is 15.0 Å². The van der Waals surface area contributed by atoms with E-state index >= 15 is 0 Å². The van der Waals surface area contributed by atoms with Gasteiger partial charge >= 0.3 is 0 Å². The Bertz CT molecular complexity index is 501. The van der Waals surface area contributed by atoms with Crippen molar-refractivity contribution in [3.8, 4) is 0 Å². The van der Waals surface area contributed by atoms with Crippen molar-refractivity contribution in [2.45, 2.75) is 32.1 Å². The Kier molecular flexibility index (Phi) is 9.05. The predicted octanol–water partition coefficient (Wildman–Crippen LogP) is 3.52. The van der Waals surface area contributed by atoms with Gasteiger partial charge in [0.15, 0.2) is 5.96 Å². The smallest absolute Gasteiger partial charge is 0.193 e. The topological polar surface area (TPSA) is 36.9 Å². The lowest BCUT2D eigenvalue weighted by molar-refractivity contribution is 0.115. The van der Waals surface area contributed by atoms with Crippen molar-refractivity contribution in [3.63, 3.8) is 0 Å². The van der Waals surface area contributed by atoms with Crippen LogP contribution < -0.4 is 5.32 Å². The van der Waals surface area contributed by atoms with Crippen LogP contribution in [0.1, 0.15) is 32.3 Å². The summed E-state index contributed by atoms with van der Waals surface area (Å²) in [5, 5.41) is 3.49. The number of hydrogen-bond acceptors (Lipinski definition) is 2. The molecular weight excluding hydrogens is 413 g/mol. The minimum Gasteiger partial charge on any atom is -0.379 e. The fourth-order valence-electron chi connectivity index (χ4n) is 2.52. The van der Waals surface area contributed by atoms with Crippen LogP contribution in [0.4, 0.5) is 0 Å². The molecule has 136 valence electrons. The molecule has 0 aromatic heterocycles. The lowest BCUT2D eigenvalue weighted by Crippen LogP contribution is -2.45. The van der Waals surface area contributed by atoms with E-state index in [0.29, 0.717) is 0 Å². The fraction of sp³-hybridized carbons (Fsp3) is 0.632. The number of rotatable bonds is 8. The molecule has 1 aromatic rings. The number of likely N-dealkylation sites (N-methyl/N-ethyl adjacent to an activating group) is 1. The Morgan fingerprint density at radius 3 is 2.54 bits per heavy atom. The largest absolute Gasteiger partial charge is 0.379 e. The molecule has 0 amide bonds. The Morgan fingerprint density at radius 1 is 1.29 bits per heavy atom. The van der Waals surface area contributed by atoms with E-state index < -0.39 is 0 Å². The lowest BCUT2D eigenvalue weighted by Gasteiger charge is -2.29. The van der Waals surface area contributed by atoms with E-state index in [1.807, 2.05) is 7.05 Å². The van der Waals surface area contributed by atoms with E-state index in [2.05, 4.69) is 66.4 Å². The van der Waals surface area contributed by atoms with Crippen molar-refractivity contribution in [3.05, 3.63) is 35.9 Å². The maximum absolute atomic E-state index is 5.71. The molecule has 5 heteroatoms. The fourth-order valence-corrected chi connectivity index (χ4v) is 2.52. The van der Waals surface area contributed by atoms with Gasteiger partial charge in [-0.3, -0.25) is 4.99 Å². The summed E-state index contributed by atoms with van der Waals surface area (Å²) in [7, 11) is 3.89. The lowest BCUT2D eigenvalue weighted by atomic mass is 9.85. The highest BCUT2D eigenvalue weighted by molar-refractivity contribution is 14.0. The van der Waals surface area contributed by atoms with Crippen LogP contribution in [-0.2, 0) is 10.2 Å². The van der Waals surface area contributed by atoms with Crippen molar-refractivity contribution < 1.29 is 4.74 Å². The highest BCUT2D eigenvalue weighted by Gasteiger charge is 2.22. The third kappa shape index (κ3) is 6.97. The van der Waals surface area contributed by atoms with Gasteiger partial charge in [-0.05, 0) is 24.3 Å². The van der Waals surface area contributed by atoms with E-state index in [4.69, 9.17) is 4.74 Å². The maximum Gasteiger partial charge on any atom is 0.193 e. The van der Waals surface area contributed by atoms with Gasteiger partial charge in [-0.2, -0.15) is 0 Å². The van der Waals surface area contributed by atoms with E-state index in [0.717, 1.165) is 38.2 Å². The molecule has 0 aliphatic heterocycles. The zero-order valence-corrected chi connectivity index (χ0v) is 17.7. The molecular formula is C19H32IN3O. The monoisotopic (exact) mass is 445 g/mol. The van der Waals surface area contributed by atoms with Crippen LogP contribution in [0.25, 0.3) is 0 Å². The molecule has 0 unspecified atom stereocenters. The number of hydrogen-bond donors (Lipinski definition) is 1. The first kappa shape index (κ1) is 21.2. The van der Waals surface area contributed by atoms with Crippen molar-refractivity contribution in [1.29, 1.82) is 0 Å². The molecule has 1 saturated carbocycles. The second-order valence-electron chi connectivity index (χ2n) is 7.09. The molecule has 1 N–H and O–H groups in total. The first-order valence-electron chi connectivity index (χ1n) is 8.58. The summed E-state index contributed by atoms with van der Waals surface area (Å²) in [5.74, 6) is 1.74. The highest BCUT2D eigenvalue weighted by atomic mass is 127. The molecule has 24 heavy (non-hydrogen) atoms.